The summed E-state index contributed by atoms with van der Waals surface area (Å²) in [6, 6.07) is 13.5. The summed E-state index contributed by atoms with van der Waals surface area (Å²) in [7, 11) is 0. The van der Waals surface area contributed by atoms with Crippen molar-refractivity contribution >= 4 is 0 Å². The molecule has 9 heavy (non-hydrogen) atoms. The molecule has 0 amide bonds. The second-order valence-electron chi connectivity index (χ2n) is 0.933. The first-order chi connectivity index (χ1) is 3.00. The van der Waals surface area contributed by atoms with E-state index in [1.807, 2.05) is 0 Å². The minimum absolute atomic E-state index is 0. The van der Waals surface area contributed by atoms with Crippen LogP contribution >= 0.6 is 0 Å². The van der Waals surface area contributed by atoms with Gasteiger partial charge in [-0.3, -0.25) is 0 Å². The van der Waals surface area contributed by atoms with E-state index in [-0.39, 0.29) is 67.1 Å². The predicted molar refractivity (Wildman–Crippen MR) is 22.9 cm³/mol. The van der Waals surface area contributed by atoms with Crippen LogP contribution in [0.25, 0.3) is 0 Å². The quantitative estimate of drug-likeness (QED) is 0.453. The van der Waals surface area contributed by atoms with Gasteiger partial charge in [0, 0.05) is 0 Å². The molecule has 0 aliphatic carbocycles. The fourth-order valence-corrected chi connectivity index (χ4v) is 0.269. The van der Waals surface area contributed by atoms with Gasteiger partial charge in [0.25, 0.3) is 0 Å². The first kappa shape index (κ1) is 16.8. The molecule has 1 aromatic carbocycles. The van der Waals surface area contributed by atoms with Gasteiger partial charge in [-0.15, -0.1) is 0 Å². The summed E-state index contributed by atoms with van der Waals surface area (Å²) >= 11 is 0. The fourth-order valence-electron chi connectivity index (χ4n) is 0.269. The zero-order chi connectivity index (χ0) is 4.24. The zero-order valence-corrected chi connectivity index (χ0v) is 8.58. The van der Waals surface area contributed by atoms with E-state index >= 15 is 0 Å². The van der Waals surface area contributed by atoms with Crippen LogP contribution in [0.2, 0.25) is 0 Å². The largest absolute Gasteiger partial charge is 1.00 e. The second-order valence-corrected chi connectivity index (χ2v) is 0.933. The van der Waals surface area contributed by atoms with E-state index in [1.54, 1.807) is 18.2 Å². The van der Waals surface area contributed by atoms with Crippen molar-refractivity contribution in [1.82, 2.24) is 0 Å². The molecular formula is C6H3Ag3. The van der Waals surface area contributed by atoms with Crippen molar-refractivity contribution in [3.63, 3.8) is 0 Å². The molecule has 0 aliphatic rings. The first-order valence-corrected chi connectivity index (χ1v) is 1.73. The molecule has 0 fully saturated rings. The molecule has 0 aliphatic heterocycles. The van der Waals surface area contributed by atoms with Crippen molar-refractivity contribution in [3.8, 4) is 0 Å². The molecule has 0 N–H and O–H groups in total. The molecule has 0 saturated heterocycles. The maximum atomic E-state index is 2.78. The van der Waals surface area contributed by atoms with Crippen LogP contribution in [0.1, 0.15) is 0 Å². The van der Waals surface area contributed by atoms with Gasteiger partial charge in [-0.05, 0) is 0 Å². The Labute approximate surface area is 102 Å². The van der Waals surface area contributed by atoms with Gasteiger partial charge in [0.15, 0.2) is 0 Å². The third-order valence-corrected chi connectivity index (χ3v) is 0.500. The monoisotopic (exact) mass is 396 g/mol. The van der Waals surface area contributed by atoms with E-state index in [0.717, 1.165) is 0 Å². The van der Waals surface area contributed by atoms with Gasteiger partial charge in [0.1, 0.15) is 0 Å². The van der Waals surface area contributed by atoms with Gasteiger partial charge in [0.05, 0.1) is 0 Å². The van der Waals surface area contributed by atoms with Gasteiger partial charge >= 0.3 is 67.1 Å². The molecular weight excluding hydrogens is 396 g/mol. The molecule has 0 unspecified atom stereocenters. The van der Waals surface area contributed by atoms with Crippen molar-refractivity contribution in [2.45, 2.75) is 0 Å². The standard InChI is InChI=1S/C6H3.3Ag/c1-2-4-6-5-3-1;;;/h1,4-5H;;;/q-3;3*+1. The van der Waals surface area contributed by atoms with Gasteiger partial charge in [0.2, 0.25) is 0 Å². The van der Waals surface area contributed by atoms with Crippen molar-refractivity contribution in [2.24, 2.45) is 0 Å². The molecule has 1 aromatic rings. The molecule has 0 atom stereocenters. The molecule has 60 valence electrons. The third kappa shape index (κ3) is 9.44. The average molecular weight is 399 g/mol. The summed E-state index contributed by atoms with van der Waals surface area (Å²) < 4.78 is 0. The van der Waals surface area contributed by atoms with Crippen LogP contribution in [-0.4, -0.2) is 0 Å². The summed E-state index contributed by atoms with van der Waals surface area (Å²) in [5.41, 5.74) is 0. The summed E-state index contributed by atoms with van der Waals surface area (Å²) in [6.07, 6.45) is 0. The van der Waals surface area contributed by atoms with Crippen LogP contribution in [0.15, 0.2) is 18.2 Å². The number of benzene rings is 1. The van der Waals surface area contributed by atoms with Gasteiger partial charge in [-0.25, -0.2) is 0 Å². The predicted octanol–water partition coefficient (Wildman–Crippen LogP) is 1.08. The Morgan fingerprint density at radius 2 is 0.778 bits per heavy atom. The van der Waals surface area contributed by atoms with Crippen LogP contribution in [-0.2, 0) is 67.1 Å². The minimum Gasteiger partial charge on any atom is -0.545 e. The molecule has 0 radical (unpaired) electrons. The maximum Gasteiger partial charge on any atom is 1.00 e. The van der Waals surface area contributed by atoms with Crippen LogP contribution in [0.4, 0.5) is 0 Å². The number of hydrogen-bond acceptors (Lipinski definition) is 0. The summed E-state index contributed by atoms with van der Waals surface area (Å²) in [5.74, 6) is 0. The Hall–Kier alpha value is 1.44. The van der Waals surface area contributed by atoms with Crippen LogP contribution < -0.4 is 0 Å². The Morgan fingerprint density at radius 3 is 0.889 bits per heavy atom. The average Bonchev–Trinajstić information content (AvgIpc) is 1.72. The Balaban J connectivity index is -0.000000120. The van der Waals surface area contributed by atoms with E-state index in [0.29, 0.717) is 0 Å². The number of rotatable bonds is 0. The van der Waals surface area contributed by atoms with E-state index in [2.05, 4.69) is 18.2 Å². The maximum absolute atomic E-state index is 2.78. The molecule has 0 bridgehead atoms. The van der Waals surface area contributed by atoms with Gasteiger partial charge < -0.3 is 36.4 Å². The Bertz CT molecular complexity index is 80.2. The Kier molecular flexibility index (Phi) is 22.7. The summed E-state index contributed by atoms with van der Waals surface area (Å²) in [5, 5.41) is 0. The van der Waals surface area contributed by atoms with E-state index in [9.17, 15) is 0 Å². The normalized spacial score (nSPS) is 5.33. The molecule has 0 heterocycles. The number of hydrogen-bond donors (Lipinski definition) is 0. The fraction of sp³-hybridized carbons (Fsp3) is 0. The second kappa shape index (κ2) is 12.1. The van der Waals surface area contributed by atoms with Crippen LogP contribution in [0.3, 0.4) is 0 Å². The minimum atomic E-state index is 0. The van der Waals surface area contributed by atoms with Crippen LogP contribution in [0.5, 0.6) is 0 Å². The van der Waals surface area contributed by atoms with Crippen molar-refractivity contribution < 1.29 is 67.1 Å². The summed E-state index contributed by atoms with van der Waals surface area (Å²) in [6.45, 7) is 0. The molecule has 1 rings (SSSR count). The zero-order valence-electron chi connectivity index (χ0n) is 4.14. The first-order valence-electron chi connectivity index (χ1n) is 1.73. The molecule has 3 heteroatoms. The summed E-state index contributed by atoms with van der Waals surface area (Å²) in [4.78, 5) is 0. The third-order valence-electron chi connectivity index (χ3n) is 0.500. The molecule has 0 spiro atoms. The SMILES string of the molecule is [Ag+].[Ag+].[Ag+].[c-]1c[c-]c[c-]c1. The molecule has 0 nitrogen and oxygen atoms in total. The van der Waals surface area contributed by atoms with E-state index in [4.69, 9.17) is 0 Å². The van der Waals surface area contributed by atoms with Crippen molar-refractivity contribution in [2.75, 3.05) is 0 Å². The van der Waals surface area contributed by atoms with Gasteiger partial charge in [-0.2, -0.15) is 0 Å². The smallest absolute Gasteiger partial charge is 0.545 e. The topological polar surface area (TPSA) is 0 Å². The van der Waals surface area contributed by atoms with Crippen molar-refractivity contribution in [1.29, 1.82) is 0 Å². The van der Waals surface area contributed by atoms with E-state index in [1.165, 1.54) is 0 Å². The molecule has 0 saturated carbocycles. The Morgan fingerprint density at radius 1 is 0.556 bits per heavy atom. The van der Waals surface area contributed by atoms with E-state index < -0.39 is 0 Å². The molecule has 0 aromatic heterocycles. The van der Waals surface area contributed by atoms with Crippen molar-refractivity contribution in [3.05, 3.63) is 36.4 Å². The van der Waals surface area contributed by atoms with Crippen LogP contribution in [0, 0.1) is 18.2 Å². The van der Waals surface area contributed by atoms with Gasteiger partial charge in [-0.1, -0.05) is 0 Å².